The Labute approximate surface area is 102 Å². The van der Waals surface area contributed by atoms with E-state index in [2.05, 4.69) is 17.0 Å². The van der Waals surface area contributed by atoms with Crippen LogP contribution < -0.4 is 0 Å². The van der Waals surface area contributed by atoms with E-state index in [9.17, 15) is 0 Å². The van der Waals surface area contributed by atoms with Crippen LogP contribution >= 0.6 is 11.6 Å². The predicted octanol–water partition coefficient (Wildman–Crippen LogP) is 3.38. The highest BCUT2D eigenvalue weighted by molar-refractivity contribution is 6.31. The maximum atomic E-state index is 8.64. The molecular formula is C13H17ClN2. The topological polar surface area (TPSA) is 27.0 Å². The third-order valence-electron chi connectivity index (χ3n) is 2.77. The molecule has 0 saturated carbocycles. The van der Waals surface area contributed by atoms with Crippen LogP contribution in [0.5, 0.6) is 0 Å². The van der Waals surface area contributed by atoms with Gasteiger partial charge in [0, 0.05) is 17.6 Å². The van der Waals surface area contributed by atoms with Crippen LogP contribution in [0.25, 0.3) is 0 Å². The Morgan fingerprint density at radius 2 is 2.19 bits per heavy atom. The van der Waals surface area contributed by atoms with Crippen molar-refractivity contribution in [3.63, 3.8) is 0 Å². The van der Waals surface area contributed by atoms with E-state index in [0.29, 0.717) is 6.42 Å². The summed E-state index contributed by atoms with van der Waals surface area (Å²) in [6, 6.07) is 8.52. The molecule has 16 heavy (non-hydrogen) atoms. The average Bonchev–Trinajstić information content (AvgIpc) is 2.22. The van der Waals surface area contributed by atoms with Crippen molar-refractivity contribution in [3.8, 4) is 6.07 Å². The lowest BCUT2D eigenvalue weighted by Crippen LogP contribution is -2.28. The van der Waals surface area contributed by atoms with Crippen molar-refractivity contribution in [2.45, 2.75) is 32.9 Å². The Kier molecular flexibility index (Phi) is 4.79. The average molecular weight is 237 g/mol. The van der Waals surface area contributed by atoms with Crippen LogP contribution in [0.2, 0.25) is 5.02 Å². The standard InChI is InChI=1S/C13H17ClN2/c1-10-4-5-12(13(14)8-10)9-16(3)11(2)6-7-15/h4-5,8,11H,6,9H2,1-3H3. The lowest BCUT2D eigenvalue weighted by atomic mass is 10.1. The van der Waals surface area contributed by atoms with Crippen molar-refractivity contribution in [3.05, 3.63) is 34.3 Å². The van der Waals surface area contributed by atoms with E-state index < -0.39 is 0 Å². The smallest absolute Gasteiger partial charge is 0.0638 e. The number of hydrogen-bond donors (Lipinski definition) is 0. The van der Waals surface area contributed by atoms with E-state index in [1.165, 1.54) is 5.56 Å². The molecular weight excluding hydrogens is 220 g/mol. The predicted molar refractivity (Wildman–Crippen MR) is 67.3 cm³/mol. The Hall–Kier alpha value is -1.04. The number of nitriles is 1. The van der Waals surface area contributed by atoms with Crippen molar-refractivity contribution in [2.24, 2.45) is 0 Å². The van der Waals surface area contributed by atoms with Gasteiger partial charge in [-0.3, -0.25) is 4.90 Å². The Morgan fingerprint density at radius 1 is 1.50 bits per heavy atom. The first-order valence-electron chi connectivity index (χ1n) is 5.36. The molecule has 2 nitrogen and oxygen atoms in total. The van der Waals surface area contributed by atoms with Gasteiger partial charge in [-0.1, -0.05) is 23.7 Å². The summed E-state index contributed by atoms with van der Waals surface area (Å²) in [6.45, 7) is 4.85. The normalized spacial score (nSPS) is 12.5. The first-order chi connectivity index (χ1) is 7.54. The highest BCUT2D eigenvalue weighted by Crippen LogP contribution is 2.19. The summed E-state index contributed by atoms with van der Waals surface area (Å²) >= 11 is 6.16. The van der Waals surface area contributed by atoms with Gasteiger partial charge in [-0.2, -0.15) is 5.26 Å². The zero-order valence-corrected chi connectivity index (χ0v) is 10.8. The van der Waals surface area contributed by atoms with Gasteiger partial charge in [-0.15, -0.1) is 0 Å². The zero-order valence-electron chi connectivity index (χ0n) is 10.00. The summed E-state index contributed by atoms with van der Waals surface area (Å²) in [4.78, 5) is 2.14. The van der Waals surface area contributed by atoms with Gasteiger partial charge >= 0.3 is 0 Å². The van der Waals surface area contributed by atoms with E-state index in [1.54, 1.807) is 0 Å². The number of benzene rings is 1. The second kappa shape index (κ2) is 5.89. The molecule has 0 spiro atoms. The molecule has 0 radical (unpaired) electrons. The molecule has 0 aromatic heterocycles. The van der Waals surface area contributed by atoms with Crippen molar-refractivity contribution in [2.75, 3.05) is 7.05 Å². The Bertz CT molecular complexity index is 395. The van der Waals surface area contributed by atoms with Gasteiger partial charge in [0.2, 0.25) is 0 Å². The largest absolute Gasteiger partial charge is 0.298 e. The maximum Gasteiger partial charge on any atom is 0.0638 e. The van der Waals surface area contributed by atoms with Crippen LogP contribution in [0.1, 0.15) is 24.5 Å². The molecule has 0 aliphatic rings. The van der Waals surface area contributed by atoms with Gasteiger partial charge in [0.15, 0.2) is 0 Å². The number of halogens is 1. The van der Waals surface area contributed by atoms with Crippen LogP contribution in [-0.2, 0) is 6.54 Å². The van der Waals surface area contributed by atoms with Crippen molar-refractivity contribution in [1.29, 1.82) is 5.26 Å². The van der Waals surface area contributed by atoms with E-state index >= 15 is 0 Å². The molecule has 86 valence electrons. The lowest BCUT2D eigenvalue weighted by molar-refractivity contribution is 0.252. The first-order valence-corrected chi connectivity index (χ1v) is 5.74. The summed E-state index contributed by atoms with van der Waals surface area (Å²) < 4.78 is 0. The van der Waals surface area contributed by atoms with Crippen LogP contribution in [0, 0.1) is 18.3 Å². The fourth-order valence-electron chi connectivity index (χ4n) is 1.49. The third kappa shape index (κ3) is 3.52. The molecule has 1 atom stereocenters. The van der Waals surface area contributed by atoms with Crippen LogP contribution in [0.3, 0.4) is 0 Å². The molecule has 0 amide bonds. The molecule has 0 aliphatic heterocycles. The van der Waals surface area contributed by atoms with Crippen LogP contribution in [-0.4, -0.2) is 18.0 Å². The van der Waals surface area contributed by atoms with Crippen LogP contribution in [0.4, 0.5) is 0 Å². The molecule has 0 heterocycles. The summed E-state index contributed by atoms with van der Waals surface area (Å²) in [6.07, 6.45) is 0.542. The summed E-state index contributed by atoms with van der Waals surface area (Å²) in [7, 11) is 2.01. The van der Waals surface area contributed by atoms with E-state index in [1.807, 2.05) is 33.0 Å². The second-order valence-corrected chi connectivity index (χ2v) is 4.63. The van der Waals surface area contributed by atoms with Crippen molar-refractivity contribution < 1.29 is 0 Å². The van der Waals surface area contributed by atoms with E-state index in [-0.39, 0.29) is 6.04 Å². The van der Waals surface area contributed by atoms with Gasteiger partial charge in [0.05, 0.1) is 12.5 Å². The summed E-state index contributed by atoms with van der Waals surface area (Å²) in [5.41, 5.74) is 2.28. The number of rotatable bonds is 4. The zero-order chi connectivity index (χ0) is 12.1. The van der Waals surface area contributed by atoms with Gasteiger partial charge < -0.3 is 0 Å². The molecule has 1 aromatic carbocycles. The highest BCUT2D eigenvalue weighted by Gasteiger charge is 2.10. The summed E-state index contributed by atoms with van der Waals surface area (Å²) in [5, 5.41) is 9.44. The first kappa shape index (κ1) is 13.0. The molecule has 1 aromatic rings. The van der Waals surface area contributed by atoms with Gasteiger partial charge in [0.1, 0.15) is 0 Å². The minimum atomic E-state index is 0.252. The monoisotopic (exact) mass is 236 g/mol. The fraction of sp³-hybridized carbons (Fsp3) is 0.462. The molecule has 1 unspecified atom stereocenters. The molecule has 0 bridgehead atoms. The van der Waals surface area contributed by atoms with Gasteiger partial charge in [-0.25, -0.2) is 0 Å². The van der Waals surface area contributed by atoms with Crippen molar-refractivity contribution in [1.82, 2.24) is 4.90 Å². The van der Waals surface area contributed by atoms with Crippen molar-refractivity contribution >= 4 is 11.6 Å². The van der Waals surface area contributed by atoms with E-state index in [4.69, 9.17) is 16.9 Å². The third-order valence-corrected chi connectivity index (χ3v) is 3.12. The fourth-order valence-corrected chi connectivity index (χ4v) is 1.79. The number of nitrogens with zero attached hydrogens (tertiary/aromatic N) is 2. The van der Waals surface area contributed by atoms with E-state index in [0.717, 1.165) is 17.1 Å². The molecule has 1 rings (SSSR count). The lowest BCUT2D eigenvalue weighted by Gasteiger charge is -2.23. The second-order valence-electron chi connectivity index (χ2n) is 4.22. The molecule has 3 heteroatoms. The Morgan fingerprint density at radius 3 is 2.75 bits per heavy atom. The number of aryl methyl sites for hydroxylation is 1. The maximum absolute atomic E-state index is 8.64. The van der Waals surface area contributed by atoms with Crippen LogP contribution in [0.15, 0.2) is 18.2 Å². The van der Waals surface area contributed by atoms with Gasteiger partial charge in [0.25, 0.3) is 0 Å². The minimum absolute atomic E-state index is 0.252. The quantitative estimate of drug-likeness (QED) is 0.802. The SMILES string of the molecule is Cc1ccc(CN(C)C(C)CC#N)c(Cl)c1. The molecule has 0 fully saturated rings. The molecule has 0 aliphatic carbocycles. The molecule has 0 saturated heterocycles. The molecule has 0 N–H and O–H groups in total. The van der Waals surface area contributed by atoms with Gasteiger partial charge in [-0.05, 0) is 38.1 Å². The Balaban J connectivity index is 2.70. The minimum Gasteiger partial charge on any atom is -0.298 e. The summed E-state index contributed by atoms with van der Waals surface area (Å²) in [5.74, 6) is 0. The number of hydrogen-bond acceptors (Lipinski definition) is 2. The highest BCUT2D eigenvalue weighted by atomic mass is 35.5.